The fourth-order valence-corrected chi connectivity index (χ4v) is 4.08. The number of rotatable bonds is 3. The van der Waals surface area contributed by atoms with Gasteiger partial charge in [-0.25, -0.2) is 0 Å². The lowest BCUT2D eigenvalue weighted by Gasteiger charge is -2.48. The fourth-order valence-electron chi connectivity index (χ4n) is 4.08. The van der Waals surface area contributed by atoms with Gasteiger partial charge in [-0.2, -0.15) is 0 Å². The van der Waals surface area contributed by atoms with Crippen molar-refractivity contribution in [2.45, 2.75) is 77.0 Å². The van der Waals surface area contributed by atoms with E-state index in [1.165, 1.54) is 38.5 Å². The van der Waals surface area contributed by atoms with Crippen molar-refractivity contribution in [1.29, 1.82) is 0 Å². The second-order valence-electron chi connectivity index (χ2n) is 6.80. The molecule has 2 fully saturated rings. The lowest BCUT2D eigenvalue weighted by molar-refractivity contribution is -0.104. The summed E-state index contributed by atoms with van der Waals surface area (Å²) >= 11 is 0. The van der Waals surface area contributed by atoms with Gasteiger partial charge in [0.2, 0.25) is 0 Å². The van der Waals surface area contributed by atoms with Crippen LogP contribution in [0.3, 0.4) is 0 Å². The molecule has 0 aromatic rings. The molecule has 0 aromatic heterocycles. The van der Waals surface area contributed by atoms with Crippen LogP contribution in [-0.4, -0.2) is 42.3 Å². The predicted octanol–water partition coefficient (Wildman–Crippen LogP) is 2.78. The molecule has 1 aliphatic carbocycles. The van der Waals surface area contributed by atoms with Crippen LogP contribution in [0.15, 0.2) is 0 Å². The third kappa shape index (κ3) is 3.50. The summed E-state index contributed by atoms with van der Waals surface area (Å²) in [6.45, 7) is 9.63. The second kappa shape index (κ2) is 6.55. The van der Waals surface area contributed by atoms with E-state index in [0.717, 1.165) is 25.6 Å². The first-order chi connectivity index (χ1) is 9.09. The van der Waals surface area contributed by atoms with E-state index in [-0.39, 0.29) is 5.54 Å². The predicted molar refractivity (Wildman–Crippen MR) is 80.2 cm³/mol. The smallest absolute Gasteiger partial charge is 0.0678 e. The number of hydrogen-bond donors (Lipinski definition) is 1. The molecule has 2 rings (SSSR count). The van der Waals surface area contributed by atoms with E-state index in [2.05, 4.69) is 25.7 Å². The molecule has 0 radical (unpaired) electrons. The Labute approximate surface area is 118 Å². The van der Waals surface area contributed by atoms with Crippen molar-refractivity contribution >= 4 is 0 Å². The zero-order valence-corrected chi connectivity index (χ0v) is 13.0. The number of morpholine rings is 1. The molecule has 1 saturated carbocycles. The van der Waals surface area contributed by atoms with Crippen molar-refractivity contribution in [2.75, 3.05) is 19.6 Å². The zero-order chi connectivity index (χ0) is 13.9. The average Bonchev–Trinajstić information content (AvgIpc) is 2.60. The zero-order valence-electron chi connectivity index (χ0n) is 13.0. The SMILES string of the molecule is CCC1CCCC(CN)(N2C[C@@H](C)O[C@@H](C)C2)CC1. The highest BCUT2D eigenvalue weighted by atomic mass is 16.5. The molecule has 2 aliphatic rings. The number of nitrogens with two attached hydrogens (primary N) is 1. The number of nitrogens with zero attached hydrogens (tertiary/aromatic N) is 1. The molecule has 4 atom stereocenters. The summed E-state index contributed by atoms with van der Waals surface area (Å²) in [4.78, 5) is 2.66. The standard InChI is InChI=1S/C16H32N2O/c1-4-15-6-5-8-16(12-17,9-7-15)18-10-13(2)19-14(3)11-18/h13-15H,4-12,17H2,1-3H3/t13-,14+,15?,16?. The molecule has 0 spiro atoms. The monoisotopic (exact) mass is 268 g/mol. The van der Waals surface area contributed by atoms with Crippen LogP contribution in [0, 0.1) is 5.92 Å². The van der Waals surface area contributed by atoms with Crippen LogP contribution < -0.4 is 5.73 Å². The van der Waals surface area contributed by atoms with Crippen LogP contribution in [0.4, 0.5) is 0 Å². The van der Waals surface area contributed by atoms with E-state index in [1.807, 2.05) is 0 Å². The van der Waals surface area contributed by atoms with Crippen LogP contribution in [0.5, 0.6) is 0 Å². The lowest BCUT2D eigenvalue weighted by atomic mass is 9.86. The quantitative estimate of drug-likeness (QED) is 0.800. The Morgan fingerprint density at radius 2 is 1.84 bits per heavy atom. The maximum atomic E-state index is 6.23. The van der Waals surface area contributed by atoms with Gasteiger partial charge in [0.15, 0.2) is 0 Å². The summed E-state index contributed by atoms with van der Waals surface area (Å²) in [6.07, 6.45) is 8.67. The van der Waals surface area contributed by atoms with Crippen molar-refractivity contribution in [3.8, 4) is 0 Å². The lowest BCUT2D eigenvalue weighted by Crippen LogP contribution is -2.60. The first-order valence-corrected chi connectivity index (χ1v) is 8.20. The summed E-state index contributed by atoms with van der Waals surface area (Å²) in [5.74, 6) is 0.921. The molecule has 3 nitrogen and oxygen atoms in total. The summed E-state index contributed by atoms with van der Waals surface area (Å²) in [6, 6.07) is 0. The van der Waals surface area contributed by atoms with Gasteiger partial charge in [-0.3, -0.25) is 4.90 Å². The van der Waals surface area contributed by atoms with Crippen molar-refractivity contribution in [1.82, 2.24) is 4.90 Å². The van der Waals surface area contributed by atoms with E-state index in [0.29, 0.717) is 12.2 Å². The van der Waals surface area contributed by atoms with Gasteiger partial charge in [-0.1, -0.05) is 26.2 Å². The van der Waals surface area contributed by atoms with E-state index in [4.69, 9.17) is 10.5 Å². The number of ether oxygens (including phenoxy) is 1. The van der Waals surface area contributed by atoms with E-state index in [9.17, 15) is 0 Å². The van der Waals surface area contributed by atoms with Crippen molar-refractivity contribution in [3.63, 3.8) is 0 Å². The van der Waals surface area contributed by atoms with Crippen LogP contribution >= 0.6 is 0 Å². The topological polar surface area (TPSA) is 38.5 Å². The van der Waals surface area contributed by atoms with Gasteiger partial charge >= 0.3 is 0 Å². The highest BCUT2D eigenvalue weighted by Gasteiger charge is 2.40. The molecule has 1 aliphatic heterocycles. The van der Waals surface area contributed by atoms with E-state index < -0.39 is 0 Å². The van der Waals surface area contributed by atoms with Gasteiger partial charge in [-0.15, -0.1) is 0 Å². The molecule has 2 N–H and O–H groups in total. The van der Waals surface area contributed by atoms with Gasteiger partial charge in [0.1, 0.15) is 0 Å². The summed E-state index contributed by atoms with van der Waals surface area (Å²) in [7, 11) is 0. The average molecular weight is 268 g/mol. The third-order valence-electron chi connectivity index (χ3n) is 5.32. The largest absolute Gasteiger partial charge is 0.373 e. The van der Waals surface area contributed by atoms with Crippen LogP contribution in [0.25, 0.3) is 0 Å². The second-order valence-corrected chi connectivity index (χ2v) is 6.80. The van der Waals surface area contributed by atoms with Gasteiger partial charge in [0.25, 0.3) is 0 Å². The molecule has 0 amide bonds. The Hall–Kier alpha value is -0.120. The minimum Gasteiger partial charge on any atom is -0.373 e. The van der Waals surface area contributed by atoms with Gasteiger partial charge in [0.05, 0.1) is 12.2 Å². The molecule has 112 valence electrons. The Morgan fingerprint density at radius 1 is 1.16 bits per heavy atom. The molecule has 1 heterocycles. The first kappa shape index (κ1) is 15.3. The van der Waals surface area contributed by atoms with Crippen molar-refractivity contribution < 1.29 is 4.74 Å². The van der Waals surface area contributed by atoms with Gasteiger partial charge in [0, 0.05) is 25.2 Å². The Kier molecular flexibility index (Phi) is 5.27. The van der Waals surface area contributed by atoms with Crippen molar-refractivity contribution in [2.24, 2.45) is 11.7 Å². The molecule has 19 heavy (non-hydrogen) atoms. The fraction of sp³-hybridized carbons (Fsp3) is 1.00. The molecular formula is C16H32N2O. The molecular weight excluding hydrogens is 236 g/mol. The maximum absolute atomic E-state index is 6.23. The van der Waals surface area contributed by atoms with Gasteiger partial charge < -0.3 is 10.5 Å². The Morgan fingerprint density at radius 3 is 2.42 bits per heavy atom. The Balaban J connectivity index is 2.08. The van der Waals surface area contributed by atoms with Gasteiger partial charge in [-0.05, 0) is 39.0 Å². The minimum atomic E-state index is 0.246. The molecule has 3 heteroatoms. The summed E-state index contributed by atoms with van der Waals surface area (Å²) in [5.41, 5.74) is 6.48. The van der Waals surface area contributed by atoms with Crippen molar-refractivity contribution in [3.05, 3.63) is 0 Å². The highest BCUT2D eigenvalue weighted by Crippen LogP contribution is 2.36. The normalized spacial score (nSPS) is 42.0. The Bertz CT molecular complexity index is 274. The summed E-state index contributed by atoms with van der Waals surface area (Å²) in [5, 5.41) is 0. The summed E-state index contributed by atoms with van der Waals surface area (Å²) < 4.78 is 5.89. The van der Waals surface area contributed by atoms with Crippen LogP contribution in [-0.2, 0) is 4.74 Å². The van der Waals surface area contributed by atoms with Crippen LogP contribution in [0.2, 0.25) is 0 Å². The maximum Gasteiger partial charge on any atom is 0.0678 e. The molecule has 0 bridgehead atoms. The minimum absolute atomic E-state index is 0.246. The highest BCUT2D eigenvalue weighted by molar-refractivity contribution is 4.96. The molecule has 0 aromatic carbocycles. The van der Waals surface area contributed by atoms with E-state index in [1.54, 1.807) is 0 Å². The third-order valence-corrected chi connectivity index (χ3v) is 5.32. The molecule has 1 saturated heterocycles. The van der Waals surface area contributed by atoms with E-state index >= 15 is 0 Å². The molecule has 2 unspecified atom stereocenters. The first-order valence-electron chi connectivity index (χ1n) is 8.20. The van der Waals surface area contributed by atoms with Crippen LogP contribution in [0.1, 0.15) is 59.3 Å². The number of hydrogen-bond acceptors (Lipinski definition) is 3.